The van der Waals surface area contributed by atoms with Crippen molar-refractivity contribution in [1.29, 1.82) is 0 Å². The summed E-state index contributed by atoms with van der Waals surface area (Å²) >= 11 is 0. The maximum absolute atomic E-state index is 11.7. The molecule has 233 valence electrons. The monoisotopic (exact) mass is 759 g/mol. The van der Waals surface area contributed by atoms with E-state index in [-0.39, 0.29) is 54.3 Å². The Kier molecular flexibility index (Phi) is 11.2. The predicted octanol–water partition coefficient (Wildman–Crippen LogP) is 9.44. The molecule has 0 fully saturated rings. The number of aliphatic hydroxyl groups is 1. The van der Waals surface area contributed by atoms with Crippen LogP contribution in [0.5, 0.6) is 0 Å². The molecule has 0 bridgehead atoms. The fourth-order valence-corrected chi connectivity index (χ4v) is 6.23. The zero-order chi connectivity index (χ0) is 30.8. The summed E-state index contributed by atoms with van der Waals surface area (Å²) in [5, 5.41) is 12.1. The van der Waals surface area contributed by atoms with E-state index in [0.717, 1.165) is 54.5 Å². The molecule has 0 unspecified atom stereocenters. The fraction of sp³-hybridized carbons (Fsp3) is 0.486. The molecule has 0 amide bonds. The smallest absolute Gasteiger partial charge is 0.162 e. The number of fused-ring (bicyclic) bond motifs is 3. The summed E-state index contributed by atoms with van der Waals surface area (Å²) in [6.07, 6.45) is 7.72. The molecule has 1 aliphatic rings. The van der Waals surface area contributed by atoms with Crippen molar-refractivity contribution in [3.63, 3.8) is 0 Å². The molecule has 0 saturated carbocycles. The number of ketones is 1. The minimum atomic E-state index is -0.161. The van der Waals surface area contributed by atoms with Crippen molar-refractivity contribution < 1.29 is 30.0 Å². The number of carbonyl (C=O) groups excluding carboxylic acids is 1. The summed E-state index contributed by atoms with van der Waals surface area (Å²) in [7, 11) is 0. The molecule has 43 heavy (non-hydrogen) atoms. The van der Waals surface area contributed by atoms with Gasteiger partial charge in [-0.3, -0.25) is 9.78 Å². The van der Waals surface area contributed by atoms with E-state index in [9.17, 15) is 9.90 Å². The number of imidazole rings is 1. The first kappa shape index (κ1) is 34.7. The number of hydrogen-bond acceptors (Lipinski definition) is 4. The third-order valence-corrected chi connectivity index (χ3v) is 8.67. The summed E-state index contributed by atoms with van der Waals surface area (Å²) in [6, 6.07) is 16.4. The number of benzene rings is 2. The summed E-state index contributed by atoms with van der Waals surface area (Å²) in [4.78, 5) is 21.5. The molecule has 0 saturated heterocycles. The van der Waals surface area contributed by atoms with Crippen LogP contribution in [-0.4, -0.2) is 25.3 Å². The third kappa shape index (κ3) is 7.13. The molecule has 6 heteroatoms. The van der Waals surface area contributed by atoms with E-state index in [1.807, 2.05) is 40.0 Å². The van der Waals surface area contributed by atoms with Crippen molar-refractivity contribution in [2.24, 2.45) is 17.3 Å². The Morgan fingerprint density at radius 1 is 1.02 bits per heavy atom. The Morgan fingerprint density at radius 2 is 1.65 bits per heavy atom. The van der Waals surface area contributed by atoms with Crippen molar-refractivity contribution in [3.05, 3.63) is 77.4 Å². The average molecular weight is 759 g/mol. The summed E-state index contributed by atoms with van der Waals surface area (Å²) in [5.41, 5.74) is 5.82. The van der Waals surface area contributed by atoms with Gasteiger partial charge >= 0.3 is 0 Å². The van der Waals surface area contributed by atoms with Crippen LogP contribution in [0.25, 0.3) is 27.8 Å². The van der Waals surface area contributed by atoms with Gasteiger partial charge in [-0.1, -0.05) is 97.0 Å². The fourth-order valence-electron chi connectivity index (χ4n) is 6.23. The van der Waals surface area contributed by atoms with Crippen LogP contribution in [0.15, 0.2) is 54.4 Å². The van der Waals surface area contributed by atoms with Gasteiger partial charge in [0.25, 0.3) is 0 Å². The van der Waals surface area contributed by atoms with Gasteiger partial charge < -0.3 is 9.51 Å². The molecule has 0 aliphatic carbocycles. The molecule has 2 aromatic heterocycles. The van der Waals surface area contributed by atoms with Crippen LogP contribution in [-0.2, 0) is 36.7 Å². The second kappa shape index (κ2) is 13.9. The second-order valence-corrected chi connectivity index (χ2v) is 13.4. The van der Waals surface area contributed by atoms with Crippen LogP contribution in [0.3, 0.4) is 0 Å². The Bertz CT molecular complexity index is 1600. The van der Waals surface area contributed by atoms with Crippen molar-refractivity contribution >= 4 is 22.2 Å². The number of allylic oxidation sites excluding steroid dienone is 2. The van der Waals surface area contributed by atoms with Crippen LogP contribution in [0.4, 0.5) is 0 Å². The Morgan fingerprint density at radius 3 is 2.26 bits per heavy atom. The first-order valence-corrected chi connectivity index (χ1v) is 15.6. The van der Waals surface area contributed by atoms with Crippen LogP contribution < -0.4 is 0 Å². The molecule has 0 spiro atoms. The quantitative estimate of drug-likeness (QED) is 0.111. The predicted molar refractivity (Wildman–Crippen MR) is 174 cm³/mol. The largest absolute Gasteiger partial charge is 0.512 e. The molecule has 1 N–H and O–H groups in total. The SMILES string of the molecule is CC(C)(C)Cc1nc2ccnc3n2c1C(C)(C)c1cc2ccccc2[c-]c1-3.CCC(CC)C(=O)/C=C(\O)C(CC)CC.[Ir]. The number of nitrogens with zero attached hydrogens (tertiary/aromatic N) is 3. The van der Waals surface area contributed by atoms with Crippen LogP contribution in [0, 0.1) is 23.3 Å². The molecule has 1 aliphatic heterocycles. The molecule has 3 heterocycles. The van der Waals surface area contributed by atoms with Crippen LogP contribution >= 0.6 is 0 Å². The molecule has 1 radical (unpaired) electrons. The number of aromatic nitrogens is 3. The zero-order valence-corrected chi connectivity index (χ0v) is 29.7. The second-order valence-electron chi connectivity index (χ2n) is 13.4. The van der Waals surface area contributed by atoms with Crippen molar-refractivity contribution in [3.8, 4) is 11.4 Å². The van der Waals surface area contributed by atoms with Crippen molar-refractivity contribution in [1.82, 2.24) is 14.4 Å². The van der Waals surface area contributed by atoms with Gasteiger partial charge in [-0.15, -0.1) is 23.6 Å². The van der Waals surface area contributed by atoms with Crippen molar-refractivity contribution in [2.75, 3.05) is 0 Å². The Balaban J connectivity index is 0.000000274. The van der Waals surface area contributed by atoms with Crippen LogP contribution in [0.1, 0.15) is 105 Å². The van der Waals surface area contributed by atoms with E-state index in [2.05, 4.69) is 75.4 Å². The summed E-state index contributed by atoms with van der Waals surface area (Å²) < 4.78 is 2.26. The van der Waals surface area contributed by atoms with Gasteiger partial charge in [0.2, 0.25) is 0 Å². The van der Waals surface area contributed by atoms with Crippen molar-refractivity contribution in [2.45, 2.75) is 99.8 Å². The topological polar surface area (TPSA) is 67.5 Å². The van der Waals surface area contributed by atoms with E-state index >= 15 is 0 Å². The molecule has 0 atom stereocenters. The molecular formula is C37H48IrN3O2-. The molecular weight excluding hydrogens is 711 g/mol. The van der Waals surface area contributed by atoms with Gasteiger partial charge in [-0.25, -0.2) is 4.98 Å². The minimum absolute atomic E-state index is 0. The number of rotatable bonds is 8. The third-order valence-electron chi connectivity index (χ3n) is 8.67. The number of aliphatic hydroxyl groups excluding tert-OH is 1. The van der Waals surface area contributed by atoms with E-state index in [1.165, 1.54) is 28.4 Å². The first-order chi connectivity index (χ1) is 19.9. The number of hydrogen-bond donors (Lipinski definition) is 1. The summed E-state index contributed by atoms with van der Waals surface area (Å²) in [5.74, 6) is 1.50. The minimum Gasteiger partial charge on any atom is -0.512 e. The normalized spacial score (nSPS) is 14.0. The first-order valence-electron chi connectivity index (χ1n) is 15.6. The van der Waals surface area contributed by atoms with Crippen LogP contribution in [0.2, 0.25) is 0 Å². The number of carbonyl (C=O) groups is 1. The van der Waals surface area contributed by atoms with E-state index in [0.29, 0.717) is 0 Å². The standard InChI is InChI=1S/C24H24N3.C13H24O2.Ir/c1-23(2,3)14-19-21-24(4,5)18-13-16-9-7-6-8-15(16)12-17(18)22-25-11-10-20(26-19)27(21)22;1-5-10(6-2)12(14)9-13(15)11(7-3)8-4;/h6-11,13H,14H2,1-5H3;9-11,14H,5-8H2,1-4H3;/q-1;;/b;12-9-;. The van der Waals surface area contributed by atoms with Gasteiger partial charge in [-0.05, 0) is 43.6 Å². The van der Waals surface area contributed by atoms with Gasteiger partial charge in [-0.2, -0.15) is 0 Å². The molecule has 2 aromatic carbocycles. The maximum Gasteiger partial charge on any atom is 0.162 e. The van der Waals surface area contributed by atoms with Gasteiger partial charge in [0.15, 0.2) is 5.78 Å². The van der Waals surface area contributed by atoms with Gasteiger partial charge in [0, 0.05) is 55.3 Å². The molecule has 4 aromatic rings. The van der Waals surface area contributed by atoms with Gasteiger partial charge in [0.05, 0.1) is 17.3 Å². The zero-order valence-electron chi connectivity index (χ0n) is 27.3. The van der Waals surface area contributed by atoms with Gasteiger partial charge in [0.1, 0.15) is 5.65 Å². The molecule has 5 rings (SSSR count). The molecule has 5 nitrogen and oxygen atoms in total. The van der Waals surface area contributed by atoms with E-state index < -0.39 is 0 Å². The average Bonchev–Trinajstić information content (AvgIpc) is 3.31. The Hall–Kier alpha value is -2.82. The van der Waals surface area contributed by atoms with E-state index in [1.54, 1.807) is 0 Å². The van der Waals surface area contributed by atoms with E-state index in [4.69, 9.17) is 9.97 Å². The summed E-state index contributed by atoms with van der Waals surface area (Å²) in [6.45, 7) is 19.5. The maximum atomic E-state index is 11.7. The Labute approximate surface area is 271 Å².